The number of rotatable bonds is 7. The summed E-state index contributed by atoms with van der Waals surface area (Å²) in [7, 11) is 0. The molecule has 0 unspecified atom stereocenters. The minimum atomic E-state index is -0.358. The van der Waals surface area contributed by atoms with Crippen LogP contribution in [0.4, 0.5) is 0 Å². The molecule has 1 aromatic carbocycles. The number of carbonyl (C=O) groups excluding carboxylic acids is 2. The Hall–Kier alpha value is -3.35. The molecule has 0 spiro atoms. The fourth-order valence-corrected chi connectivity index (χ4v) is 2.28. The Labute approximate surface area is 144 Å². The van der Waals surface area contributed by atoms with Crippen molar-refractivity contribution in [1.82, 2.24) is 20.6 Å². The summed E-state index contributed by atoms with van der Waals surface area (Å²) in [5.74, 6) is 0.775. The van der Waals surface area contributed by atoms with Gasteiger partial charge in [0.05, 0.1) is 23.8 Å². The normalized spacial score (nSPS) is 11.0. The number of aromatic amines is 1. The van der Waals surface area contributed by atoms with Crippen LogP contribution < -0.4 is 10.6 Å². The SMILES string of the molecule is O=C(C=Cc1ccco1)NCC(=O)NCCc1nc2ccccc2[nH]1. The second-order valence-corrected chi connectivity index (χ2v) is 5.37. The van der Waals surface area contributed by atoms with E-state index in [4.69, 9.17) is 4.42 Å². The maximum absolute atomic E-state index is 11.7. The van der Waals surface area contributed by atoms with E-state index in [0.717, 1.165) is 16.9 Å². The molecule has 0 saturated carbocycles. The van der Waals surface area contributed by atoms with Gasteiger partial charge in [-0.05, 0) is 30.3 Å². The number of benzene rings is 1. The van der Waals surface area contributed by atoms with Crippen LogP contribution in [0.3, 0.4) is 0 Å². The number of imidazole rings is 1. The molecule has 7 nitrogen and oxygen atoms in total. The van der Waals surface area contributed by atoms with E-state index in [-0.39, 0.29) is 18.4 Å². The maximum atomic E-state index is 11.7. The Morgan fingerprint density at radius 2 is 2.04 bits per heavy atom. The molecule has 0 saturated heterocycles. The third-order valence-corrected chi connectivity index (χ3v) is 3.49. The number of nitrogens with zero attached hydrogens (tertiary/aromatic N) is 1. The van der Waals surface area contributed by atoms with Gasteiger partial charge < -0.3 is 20.0 Å². The number of aromatic nitrogens is 2. The van der Waals surface area contributed by atoms with Crippen molar-refractivity contribution in [3.8, 4) is 0 Å². The van der Waals surface area contributed by atoms with Gasteiger partial charge in [0.1, 0.15) is 11.6 Å². The van der Waals surface area contributed by atoms with Crippen molar-refractivity contribution in [2.24, 2.45) is 0 Å². The highest BCUT2D eigenvalue weighted by molar-refractivity contribution is 5.94. The number of H-pyrrole nitrogens is 1. The first kappa shape index (κ1) is 16.5. The minimum Gasteiger partial charge on any atom is -0.465 e. The number of carbonyl (C=O) groups is 2. The van der Waals surface area contributed by atoms with Crippen LogP contribution in [0.25, 0.3) is 17.1 Å². The monoisotopic (exact) mass is 338 g/mol. The van der Waals surface area contributed by atoms with Crippen LogP contribution in [0.5, 0.6) is 0 Å². The van der Waals surface area contributed by atoms with Gasteiger partial charge in [-0.3, -0.25) is 9.59 Å². The molecule has 0 fully saturated rings. The van der Waals surface area contributed by atoms with Crippen LogP contribution in [-0.2, 0) is 16.0 Å². The second kappa shape index (κ2) is 7.96. The van der Waals surface area contributed by atoms with Crippen molar-refractivity contribution >= 4 is 28.9 Å². The van der Waals surface area contributed by atoms with Gasteiger partial charge >= 0.3 is 0 Å². The predicted molar refractivity (Wildman–Crippen MR) is 93.6 cm³/mol. The summed E-state index contributed by atoms with van der Waals surface area (Å²) in [5, 5.41) is 5.26. The van der Waals surface area contributed by atoms with Crippen molar-refractivity contribution in [1.29, 1.82) is 0 Å². The average molecular weight is 338 g/mol. The Morgan fingerprint density at radius 3 is 2.84 bits per heavy atom. The Balaban J connectivity index is 1.37. The topological polar surface area (TPSA) is 100 Å². The molecule has 0 aliphatic carbocycles. The molecule has 0 aliphatic rings. The maximum Gasteiger partial charge on any atom is 0.244 e. The average Bonchev–Trinajstić information content (AvgIpc) is 3.27. The van der Waals surface area contributed by atoms with E-state index in [2.05, 4.69) is 20.6 Å². The molecule has 0 atom stereocenters. The molecule has 3 aromatic rings. The molecule has 2 amide bonds. The lowest BCUT2D eigenvalue weighted by Gasteiger charge is -2.04. The fraction of sp³-hybridized carbons (Fsp3) is 0.167. The van der Waals surface area contributed by atoms with Gasteiger partial charge in [-0.2, -0.15) is 0 Å². The van der Waals surface area contributed by atoms with Gasteiger partial charge in [-0.15, -0.1) is 0 Å². The van der Waals surface area contributed by atoms with E-state index in [9.17, 15) is 9.59 Å². The number of hydrogen-bond acceptors (Lipinski definition) is 4. The number of hydrogen-bond donors (Lipinski definition) is 3. The number of amides is 2. The van der Waals surface area contributed by atoms with Crippen LogP contribution >= 0.6 is 0 Å². The number of para-hydroxylation sites is 2. The lowest BCUT2D eigenvalue weighted by Crippen LogP contribution is -2.37. The van der Waals surface area contributed by atoms with Gasteiger partial charge in [0.2, 0.25) is 11.8 Å². The van der Waals surface area contributed by atoms with Crippen LogP contribution in [0.2, 0.25) is 0 Å². The van der Waals surface area contributed by atoms with Crippen molar-refractivity contribution in [2.45, 2.75) is 6.42 Å². The molecular formula is C18H18N4O3. The first-order chi connectivity index (χ1) is 12.2. The summed E-state index contributed by atoms with van der Waals surface area (Å²) in [6.45, 7) is 0.359. The summed E-state index contributed by atoms with van der Waals surface area (Å²) in [6, 6.07) is 11.2. The van der Waals surface area contributed by atoms with Crippen molar-refractivity contribution in [3.63, 3.8) is 0 Å². The summed E-state index contributed by atoms with van der Waals surface area (Å²) in [4.78, 5) is 31.0. The summed E-state index contributed by atoms with van der Waals surface area (Å²) >= 11 is 0. The number of fused-ring (bicyclic) bond motifs is 1. The van der Waals surface area contributed by atoms with Crippen LogP contribution in [-0.4, -0.2) is 34.9 Å². The Kier molecular flexibility index (Phi) is 5.26. The zero-order chi connectivity index (χ0) is 17.5. The quantitative estimate of drug-likeness (QED) is 0.570. The molecular weight excluding hydrogens is 320 g/mol. The first-order valence-electron chi connectivity index (χ1n) is 7.90. The Bertz CT molecular complexity index is 848. The molecule has 0 bridgehead atoms. The van der Waals surface area contributed by atoms with Gasteiger partial charge in [0.15, 0.2) is 0 Å². The molecule has 128 valence electrons. The third kappa shape index (κ3) is 4.81. The van der Waals surface area contributed by atoms with Crippen LogP contribution in [0, 0.1) is 0 Å². The summed E-state index contributed by atoms with van der Waals surface area (Å²) in [5.41, 5.74) is 1.87. The molecule has 2 aromatic heterocycles. The highest BCUT2D eigenvalue weighted by atomic mass is 16.3. The van der Waals surface area contributed by atoms with Crippen molar-refractivity contribution in [3.05, 3.63) is 60.3 Å². The van der Waals surface area contributed by atoms with E-state index in [1.807, 2.05) is 24.3 Å². The second-order valence-electron chi connectivity index (χ2n) is 5.37. The molecule has 0 radical (unpaired) electrons. The van der Waals surface area contributed by atoms with E-state index < -0.39 is 0 Å². The highest BCUT2D eigenvalue weighted by Crippen LogP contribution is 2.10. The largest absolute Gasteiger partial charge is 0.465 e. The minimum absolute atomic E-state index is 0.0819. The number of furan rings is 1. The van der Waals surface area contributed by atoms with Crippen molar-refractivity contribution < 1.29 is 14.0 Å². The summed E-state index contributed by atoms with van der Waals surface area (Å²) < 4.78 is 5.07. The Morgan fingerprint density at radius 1 is 1.16 bits per heavy atom. The molecule has 3 rings (SSSR count). The summed E-state index contributed by atoms with van der Waals surface area (Å²) in [6.07, 6.45) is 4.97. The molecule has 25 heavy (non-hydrogen) atoms. The van der Waals surface area contributed by atoms with Gasteiger partial charge in [0, 0.05) is 19.0 Å². The third-order valence-electron chi connectivity index (χ3n) is 3.49. The van der Waals surface area contributed by atoms with Crippen LogP contribution in [0.1, 0.15) is 11.6 Å². The lowest BCUT2D eigenvalue weighted by atomic mass is 10.3. The van der Waals surface area contributed by atoms with Gasteiger partial charge in [-0.25, -0.2) is 4.98 Å². The van der Waals surface area contributed by atoms with E-state index in [0.29, 0.717) is 18.7 Å². The number of nitrogens with one attached hydrogen (secondary N) is 3. The lowest BCUT2D eigenvalue weighted by molar-refractivity contribution is -0.123. The van der Waals surface area contributed by atoms with E-state index >= 15 is 0 Å². The zero-order valence-electron chi connectivity index (χ0n) is 13.5. The molecule has 7 heteroatoms. The standard InChI is InChI=1S/C18H18N4O3/c23-17(8-7-13-4-3-11-25-13)20-12-18(24)19-10-9-16-21-14-5-1-2-6-15(14)22-16/h1-8,11H,9-10,12H2,(H,19,24)(H,20,23)(H,21,22). The smallest absolute Gasteiger partial charge is 0.244 e. The van der Waals surface area contributed by atoms with E-state index in [1.54, 1.807) is 12.1 Å². The zero-order valence-corrected chi connectivity index (χ0v) is 13.5. The predicted octanol–water partition coefficient (Wildman–Crippen LogP) is 1.64. The highest BCUT2D eigenvalue weighted by Gasteiger charge is 2.05. The van der Waals surface area contributed by atoms with Crippen molar-refractivity contribution in [2.75, 3.05) is 13.1 Å². The van der Waals surface area contributed by atoms with E-state index in [1.165, 1.54) is 18.4 Å². The van der Waals surface area contributed by atoms with Gasteiger partial charge in [0.25, 0.3) is 0 Å². The molecule has 3 N–H and O–H groups in total. The molecule has 0 aliphatic heterocycles. The fourth-order valence-electron chi connectivity index (χ4n) is 2.28. The van der Waals surface area contributed by atoms with Gasteiger partial charge in [-0.1, -0.05) is 12.1 Å². The van der Waals surface area contributed by atoms with Crippen LogP contribution in [0.15, 0.2) is 53.2 Å². The first-order valence-corrected chi connectivity index (χ1v) is 7.90. The molecule has 2 heterocycles.